The summed E-state index contributed by atoms with van der Waals surface area (Å²) in [5, 5.41) is 4.00. The van der Waals surface area contributed by atoms with Crippen molar-refractivity contribution in [3.05, 3.63) is 47.2 Å². The fourth-order valence-electron chi connectivity index (χ4n) is 1.79. The summed E-state index contributed by atoms with van der Waals surface area (Å²) >= 11 is 3.42. The molecule has 100 valence electrons. The first-order valence-electron chi connectivity index (χ1n) is 5.86. The Balaban J connectivity index is 2.04. The highest BCUT2D eigenvalue weighted by Gasteiger charge is 2.14. The fourth-order valence-corrected chi connectivity index (χ4v) is 2.16. The van der Waals surface area contributed by atoms with Crippen LogP contribution in [0.4, 0.5) is 0 Å². The monoisotopic (exact) mass is 331 g/mol. The smallest absolute Gasteiger partial charge is 0.259 e. The minimum Gasteiger partial charge on any atom is -0.496 e. The van der Waals surface area contributed by atoms with E-state index in [0.29, 0.717) is 17.5 Å². The summed E-state index contributed by atoms with van der Waals surface area (Å²) in [4.78, 5) is 8.41. The number of aromatic nitrogens is 3. The van der Waals surface area contributed by atoms with E-state index in [1.807, 2.05) is 30.3 Å². The molecule has 5 nitrogen and oxygen atoms in total. The molecule has 1 aromatic carbocycles. The standard InChI is InChI=1S/C14H10BrN3O2/c1-19-12-5-4-10(15)7-11(12)13-17-14(20-18-13)9-3-2-6-16-8-9/h2-8H,1H3. The van der Waals surface area contributed by atoms with Crippen molar-refractivity contribution in [2.24, 2.45) is 0 Å². The Kier molecular flexibility index (Phi) is 3.47. The summed E-state index contributed by atoms with van der Waals surface area (Å²) in [5.74, 6) is 1.59. The van der Waals surface area contributed by atoms with Crippen LogP contribution >= 0.6 is 15.9 Å². The van der Waals surface area contributed by atoms with Crippen molar-refractivity contribution >= 4 is 15.9 Å². The molecule has 0 aliphatic carbocycles. The average molecular weight is 332 g/mol. The zero-order valence-electron chi connectivity index (χ0n) is 10.6. The molecule has 0 N–H and O–H groups in total. The molecule has 0 aliphatic heterocycles. The SMILES string of the molecule is COc1ccc(Br)cc1-c1noc(-c2cccnc2)n1. The molecule has 6 heteroatoms. The maximum atomic E-state index is 5.31. The van der Waals surface area contributed by atoms with Crippen molar-refractivity contribution in [1.29, 1.82) is 0 Å². The van der Waals surface area contributed by atoms with E-state index in [0.717, 1.165) is 15.6 Å². The van der Waals surface area contributed by atoms with E-state index in [2.05, 4.69) is 31.1 Å². The summed E-state index contributed by atoms with van der Waals surface area (Å²) in [5.41, 5.74) is 1.54. The first-order valence-corrected chi connectivity index (χ1v) is 6.65. The molecule has 2 heterocycles. The lowest BCUT2D eigenvalue weighted by Gasteiger charge is -2.04. The Morgan fingerprint density at radius 3 is 2.90 bits per heavy atom. The van der Waals surface area contributed by atoms with Crippen molar-refractivity contribution in [3.8, 4) is 28.6 Å². The summed E-state index contributed by atoms with van der Waals surface area (Å²) in [7, 11) is 1.61. The number of pyridine rings is 1. The first-order chi connectivity index (χ1) is 9.78. The molecule has 0 atom stereocenters. The third kappa shape index (κ3) is 2.42. The normalized spacial score (nSPS) is 10.5. The zero-order chi connectivity index (χ0) is 13.9. The highest BCUT2D eigenvalue weighted by molar-refractivity contribution is 9.10. The Bertz CT molecular complexity index is 728. The Morgan fingerprint density at radius 2 is 2.15 bits per heavy atom. The van der Waals surface area contributed by atoms with Crippen LogP contribution in [0, 0.1) is 0 Å². The van der Waals surface area contributed by atoms with Gasteiger partial charge in [-0.15, -0.1) is 0 Å². The van der Waals surface area contributed by atoms with Gasteiger partial charge in [0.1, 0.15) is 5.75 Å². The minimum atomic E-state index is 0.426. The Morgan fingerprint density at radius 1 is 1.25 bits per heavy atom. The number of rotatable bonds is 3. The molecule has 0 unspecified atom stereocenters. The second-order valence-corrected chi connectivity index (χ2v) is 4.93. The van der Waals surface area contributed by atoms with E-state index in [4.69, 9.17) is 9.26 Å². The Labute approximate surface area is 123 Å². The number of hydrogen-bond acceptors (Lipinski definition) is 5. The van der Waals surface area contributed by atoms with Crippen molar-refractivity contribution < 1.29 is 9.26 Å². The largest absolute Gasteiger partial charge is 0.496 e. The van der Waals surface area contributed by atoms with Crippen LogP contribution in [0.3, 0.4) is 0 Å². The summed E-state index contributed by atoms with van der Waals surface area (Å²) in [6, 6.07) is 9.31. The van der Waals surface area contributed by atoms with Crippen LogP contribution in [0.1, 0.15) is 0 Å². The highest BCUT2D eigenvalue weighted by Crippen LogP contribution is 2.31. The molecule has 20 heavy (non-hydrogen) atoms. The third-order valence-electron chi connectivity index (χ3n) is 2.74. The molecule has 2 aromatic heterocycles. The van der Waals surface area contributed by atoms with Crippen molar-refractivity contribution in [2.75, 3.05) is 7.11 Å². The molecule has 0 bridgehead atoms. The predicted molar refractivity (Wildman–Crippen MR) is 77.2 cm³/mol. The topological polar surface area (TPSA) is 61.0 Å². The molecular formula is C14H10BrN3O2. The molecule has 0 aliphatic rings. The lowest BCUT2D eigenvalue weighted by atomic mass is 10.2. The van der Waals surface area contributed by atoms with Gasteiger partial charge < -0.3 is 9.26 Å². The molecule has 0 radical (unpaired) electrons. The van der Waals surface area contributed by atoms with Gasteiger partial charge in [0.05, 0.1) is 18.2 Å². The van der Waals surface area contributed by atoms with Gasteiger partial charge in [-0.05, 0) is 30.3 Å². The summed E-state index contributed by atoms with van der Waals surface area (Å²) < 4.78 is 11.5. The molecule has 0 amide bonds. The number of halogens is 1. The van der Waals surface area contributed by atoms with Gasteiger partial charge in [0.25, 0.3) is 5.89 Å². The minimum absolute atomic E-state index is 0.426. The van der Waals surface area contributed by atoms with Crippen LogP contribution in [-0.2, 0) is 0 Å². The van der Waals surface area contributed by atoms with E-state index in [1.54, 1.807) is 19.5 Å². The zero-order valence-corrected chi connectivity index (χ0v) is 12.2. The lowest BCUT2D eigenvalue weighted by molar-refractivity contribution is 0.413. The lowest BCUT2D eigenvalue weighted by Crippen LogP contribution is -1.89. The molecular weight excluding hydrogens is 322 g/mol. The molecule has 3 aromatic rings. The van der Waals surface area contributed by atoms with Gasteiger partial charge >= 0.3 is 0 Å². The number of nitrogens with zero attached hydrogens (tertiary/aromatic N) is 3. The van der Waals surface area contributed by atoms with Crippen LogP contribution in [0.15, 0.2) is 51.7 Å². The maximum absolute atomic E-state index is 5.31. The van der Waals surface area contributed by atoms with Gasteiger partial charge in [0.2, 0.25) is 5.82 Å². The van der Waals surface area contributed by atoms with Gasteiger partial charge in [0, 0.05) is 16.9 Å². The van der Waals surface area contributed by atoms with E-state index >= 15 is 0 Å². The number of benzene rings is 1. The van der Waals surface area contributed by atoms with Crippen LogP contribution in [0.5, 0.6) is 5.75 Å². The second-order valence-electron chi connectivity index (χ2n) is 4.01. The van der Waals surface area contributed by atoms with Crippen LogP contribution < -0.4 is 4.74 Å². The van der Waals surface area contributed by atoms with Gasteiger partial charge in [0.15, 0.2) is 0 Å². The van der Waals surface area contributed by atoms with Gasteiger partial charge in [-0.1, -0.05) is 21.1 Å². The number of methoxy groups -OCH3 is 1. The molecule has 0 fully saturated rings. The summed E-state index contributed by atoms with van der Waals surface area (Å²) in [6.07, 6.45) is 3.37. The summed E-state index contributed by atoms with van der Waals surface area (Å²) in [6.45, 7) is 0. The van der Waals surface area contributed by atoms with E-state index < -0.39 is 0 Å². The van der Waals surface area contributed by atoms with Gasteiger partial charge in [-0.25, -0.2) is 0 Å². The highest BCUT2D eigenvalue weighted by atomic mass is 79.9. The van der Waals surface area contributed by atoms with Crippen molar-refractivity contribution in [3.63, 3.8) is 0 Å². The quantitative estimate of drug-likeness (QED) is 0.734. The molecule has 3 rings (SSSR count). The molecule has 0 spiro atoms. The second kappa shape index (κ2) is 5.42. The van der Waals surface area contributed by atoms with Gasteiger partial charge in [-0.2, -0.15) is 4.98 Å². The fraction of sp³-hybridized carbons (Fsp3) is 0.0714. The first kappa shape index (κ1) is 12.8. The Hall–Kier alpha value is -2.21. The average Bonchev–Trinajstić information content (AvgIpc) is 2.98. The molecule has 0 saturated heterocycles. The van der Waals surface area contributed by atoms with E-state index in [1.165, 1.54) is 0 Å². The van der Waals surface area contributed by atoms with Crippen LogP contribution in [-0.4, -0.2) is 22.2 Å². The van der Waals surface area contributed by atoms with Crippen molar-refractivity contribution in [1.82, 2.24) is 15.1 Å². The predicted octanol–water partition coefficient (Wildman–Crippen LogP) is 3.57. The number of ether oxygens (including phenoxy) is 1. The van der Waals surface area contributed by atoms with Crippen LogP contribution in [0.2, 0.25) is 0 Å². The van der Waals surface area contributed by atoms with E-state index in [9.17, 15) is 0 Å². The molecule has 0 saturated carbocycles. The number of hydrogen-bond donors (Lipinski definition) is 0. The van der Waals surface area contributed by atoms with Gasteiger partial charge in [-0.3, -0.25) is 4.98 Å². The van der Waals surface area contributed by atoms with Crippen molar-refractivity contribution in [2.45, 2.75) is 0 Å². The maximum Gasteiger partial charge on any atom is 0.259 e. The van der Waals surface area contributed by atoms with E-state index in [-0.39, 0.29) is 0 Å². The van der Waals surface area contributed by atoms with Crippen LogP contribution in [0.25, 0.3) is 22.8 Å². The third-order valence-corrected chi connectivity index (χ3v) is 3.23.